The van der Waals surface area contributed by atoms with Gasteiger partial charge in [0.05, 0.1) is 11.0 Å². The number of amides is 1. The predicted octanol–water partition coefficient (Wildman–Crippen LogP) is 4.20. The van der Waals surface area contributed by atoms with E-state index >= 15 is 0 Å². The fourth-order valence-corrected chi connectivity index (χ4v) is 3.15. The monoisotopic (exact) mass is 368 g/mol. The summed E-state index contributed by atoms with van der Waals surface area (Å²) in [4.78, 5) is 14.8. The molecular formula is C18H25ClN2O2S. The van der Waals surface area contributed by atoms with Crippen LogP contribution in [0.25, 0.3) is 0 Å². The maximum Gasteiger partial charge on any atom is 0.410 e. The second kappa shape index (κ2) is 8.17. The molecule has 6 heteroatoms. The number of nitrogens with one attached hydrogen (secondary N) is 1. The van der Waals surface area contributed by atoms with Crippen LogP contribution in [0.15, 0.2) is 24.3 Å². The second-order valence-corrected chi connectivity index (χ2v) is 7.88. The molecule has 1 aliphatic heterocycles. The molecule has 4 nitrogen and oxygen atoms in total. The van der Waals surface area contributed by atoms with Crippen LogP contribution in [0.3, 0.4) is 0 Å². The van der Waals surface area contributed by atoms with E-state index in [1.807, 2.05) is 45.0 Å². The Morgan fingerprint density at radius 2 is 2.04 bits per heavy atom. The molecule has 1 N–H and O–H groups in total. The molecule has 2 rings (SSSR count). The van der Waals surface area contributed by atoms with E-state index in [2.05, 4.69) is 5.32 Å². The lowest BCUT2D eigenvalue weighted by Crippen LogP contribution is -2.47. The Morgan fingerprint density at radius 1 is 1.38 bits per heavy atom. The first kappa shape index (κ1) is 19.0. The van der Waals surface area contributed by atoms with Gasteiger partial charge in [-0.3, -0.25) is 4.90 Å². The van der Waals surface area contributed by atoms with Crippen LogP contribution in [0.1, 0.15) is 39.2 Å². The minimum Gasteiger partial charge on any atom is -0.444 e. The molecule has 0 saturated carbocycles. The molecule has 1 heterocycles. The van der Waals surface area contributed by atoms with Gasteiger partial charge >= 0.3 is 6.09 Å². The van der Waals surface area contributed by atoms with Gasteiger partial charge in [0.15, 0.2) is 0 Å². The molecule has 132 valence electrons. The maximum absolute atomic E-state index is 12.3. The van der Waals surface area contributed by atoms with Gasteiger partial charge in [-0.1, -0.05) is 36.0 Å². The van der Waals surface area contributed by atoms with Crippen molar-refractivity contribution < 1.29 is 9.53 Å². The van der Waals surface area contributed by atoms with E-state index in [1.54, 1.807) is 4.90 Å². The molecule has 1 fully saturated rings. The molecule has 1 saturated heterocycles. The number of halogens is 1. The second-order valence-electron chi connectivity index (χ2n) is 7.00. The van der Waals surface area contributed by atoms with Crippen LogP contribution in [0.5, 0.6) is 0 Å². The molecule has 0 aliphatic carbocycles. The third-order valence-electron chi connectivity index (χ3n) is 3.81. The average Bonchev–Trinajstić information content (AvgIpc) is 2.97. The standard InChI is InChI=1S/C18H25ClN2O2S/c1-18(2,3)23-17(22)21-12-4-5-15(21)16(24)20-11-10-13-6-8-14(19)9-7-13/h6-9,15H,4-5,10-12H2,1-3H3,(H,20,24)/t15-/m1/s1. The number of carbonyl (C=O) groups is 1. The summed E-state index contributed by atoms with van der Waals surface area (Å²) in [6, 6.07) is 7.72. The first-order chi connectivity index (χ1) is 11.3. The largest absolute Gasteiger partial charge is 0.444 e. The Kier molecular flexibility index (Phi) is 6.47. The molecule has 0 spiro atoms. The molecular weight excluding hydrogens is 344 g/mol. The Morgan fingerprint density at radius 3 is 2.67 bits per heavy atom. The van der Waals surface area contributed by atoms with Gasteiger partial charge in [-0.2, -0.15) is 0 Å². The summed E-state index contributed by atoms with van der Waals surface area (Å²) in [5.41, 5.74) is 0.707. The Bertz CT molecular complexity index is 584. The highest BCUT2D eigenvalue weighted by molar-refractivity contribution is 7.80. The van der Waals surface area contributed by atoms with E-state index < -0.39 is 5.60 Å². The molecule has 1 aliphatic rings. The molecule has 1 aromatic rings. The molecule has 0 bridgehead atoms. The van der Waals surface area contributed by atoms with Gasteiger partial charge < -0.3 is 10.1 Å². The molecule has 1 amide bonds. The smallest absolute Gasteiger partial charge is 0.410 e. The van der Waals surface area contributed by atoms with Crippen molar-refractivity contribution in [2.24, 2.45) is 0 Å². The van der Waals surface area contributed by atoms with Crippen LogP contribution in [-0.4, -0.2) is 40.7 Å². The number of ether oxygens (including phenoxy) is 1. The van der Waals surface area contributed by atoms with E-state index in [-0.39, 0.29) is 12.1 Å². The van der Waals surface area contributed by atoms with Gasteiger partial charge in [0.25, 0.3) is 0 Å². The number of thiocarbonyl (C=S) groups is 1. The predicted molar refractivity (Wildman–Crippen MR) is 102 cm³/mol. The van der Waals surface area contributed by atoms with Crippen molar-refractivity contribution in [1.29, 1.82) is 0 Å². The fourth-order valence-electron chi connectivity index (χ4n) is 2.68. The molecule has 1 atom stereocenters. The Hall–Kier alpha value is -1.33. The summed E-state index contributed by atoms with van der Waals surface area (Å²) in [5.74, 6) is 0. The summed E-state index contributed by atoms with van der Waals surface area (Å²) in [6.45, 7) is 7.05. The van der Waals surface area contributed by atoms with Crippen LogP contribution in [0, 0.1) is 0 Å². The van der Waals surface area contributed by atoms with E-state index in [9.17, 15) is 4.79 Å². The van der Waals surface area contributed by atoms with Crippen molar-refractivity contribution in [2.75, 3.05) is 13.1 Å². The lowest BCUT2D eigenvalue weighted by molar-refractivity contribution is 0.0265. The lowest BCUT2D eigenvalue weighted by atomic mass is 10.1. The van der Waals surface area contributed by atoms with Crippen molar-refractivity contribution in [3.05, 3.63) is 34.9 Å². The first-order valence-corrected chi connectivity index (χ1v) is 9.07. The zero-order valence-electron chi connectivity index (χ0n) is 14.5. The van der Waals surface area contributed by atoms with Crippen LogP contribution < -0.4 is 5.32 Å². The normalized spacial score (nSPS) is 17.7. The summed E-state index contributed by atoms with van der Waals surface area (Å²) in [5, 5.41) is 4.02. The van der Waals surface area contributed by atoms with Crippen molar-refractivity contribution in [3.8, 4) is 0 Å². The third-order valence-corrected chi connectivity index (χ3v) is 4.48. The Labute approximate surface area is 154 Å². The topological polar surface area (TPSA) is 41.6 Å². The molecule has 0 unspecified atom stereocenters. The summed E-state index contributed by atoms with van der Waals surface area (Å²) in [6.07, 6.45) is 2.40. The van der Waals surface area contributed by atoms with Gasteiger partial charge in [0.2, 0.25) is 0 Å². The number of likely N-dealkylation sites (tertiary alicyclic amines) is 1. The van der Waals surface area contributed by atoms with Gasteiger partial charge in [-0.05, 0) is 57.7 Å². The highest BCUT2D eigenvalue weighted by Gasteiger charge is 2.34. The summed E-state index contributed by atoms with van der Waals surface area (Å²) < 4.78 is 5.47. The number of hydrogen-bond donors (Lipinski definition) is 1. The van der Waals surface area contributed by atoms with Crippen molar-refractivity contribution >= 4 is 34.9 Å². The third kappa shape index (κ3) is 5.64. The van der Waals surface area contributed by atoms with Gasteiger partial charge in [0.1, 0.15) is 5.60 Å². The lowest BCUT2D eigenvalue weighted by Gasteiger charge is -2.29. The fraction of sp³-hybridized carbons (Fsp3) is 0.556. The molecule has 24 heavy (non-hydrogen) atoms. The minimum absolute atomic E-state index is 0.0694. The van der Waals surface area contributed by atoms with Crippen molar-refractivity contribution in [1.82, 2.24) is 10.2 Å². The molecule has 1 aromatic carbocycles. The number of nitrogens with zero attached hydrogens (tertiary/aromatic N) is 1. The average molecular weight is 369 g/mol. The van der Waals surface area contributed by atoms with Crippen molar-refractivity contribution in [3.63, 3.8) is 0 Å². The van der Waals surface area contributed by atoms with Crippen LogP contribution in [-0.2, 0) is 11.2 Å². The highest BCUT2D eigenvalue weighted by atomic mass is 35.5. The number of hydrogen-bond acceptors (Lipinski definition) is 3. The Balaban J connectivity index is 1.84. The van der Waals surface area contributed by atoms with Crippen molar-refractivity contribution in [2.45, 2.75) is 51.7 Å². The zero-order chi connectivity index (χ0) is 17.7. The quantitative estimate of drug-likeness (QED) is 0.809. The minimum atomic E-state index is -0.492. The van der Waals surface area contributed by atoms with Crippen LogP contribution in [0.2, 0.25) is 5.02 Å². The summed E-state index contributed by atoms with van der Waals surface area (Å²) in [7, 11) is 0. The SMILES string of the molecule is CC(C)(C)OC(=O)N1CCC[C@@H]1C(=S)NCCc1ccc(Cl)cc1. The molecule has 0 aromatic heterocycles. The number of carbonyl (C=O) groups excluding carboxylic acids is 1. The molecule has 0 radical (unpaired) electrons. The van der Waals surface area contributed by atoms with E-state index in [0.717, 1.165) is 30.8 Å². The maximum atomic E-state index is 12.3. The number of benzene rings is 1. The van der Waals surface area contributed by atoms with E-state index in [0.29, 0.717) is 11.5 Å². The van der Waals surface area contributed by atoms with E-state index in [1.165, 1.54) is 5.56 Å². The van der Waals surface area contributed by atoms with Crippen LogP contribution in [0.4, 0.5) is 4.79 Å². The first-order valence-electron chi connectivity index (χ1n) is 8.28. The summed E-state index contributed by atoms with van der Waals surface area (Å²) >= 11 is 11.4. The van der Waals surface area contributed by atoms with E-state index in [4.69, 9.17) is 28.6 Å². The number of rotatable bonds is 4. The highest BCUT2D eigenvalue weighted by Crippen LogP contribution is 2.21. The zero-order valence-corrected chi connectivity index (χ0v) is 16.0. The van der Waals surface area contributed by atoms with Gasteiger partial charge in [-0.15, -0.1) is 0 Å². The van der Waals surface area contributed by atoms with Gasteiger partial charge in [-0.25, -0.2) is 4.79 Å². The van der Waals surface area contributed by atoms with Crippen LogP contribution >= 0.6 is 23.8 Å². The van der Waals surface area contributed by atoms with Gasteiger partial charge in [0, 0.05) is 18.1 Å².